The van der Waals surface area contributed by atoms with Gasteiger partial charge in [0.2, 0.25) is 0 Å². The molecule has 0 saturated carbocycles. The van der Waals surface area contributed by atoms with Gasteiger partial charge in [-0.1, -0.05) is 33.8 Å². The van der Waals surface area contributed by atoms with E-state index in [2.05, 4.69) is 70.4 Å². The highest BCUT2D eigenvalue weighted by Crippen LogP contribution is 2.15. The molecule has 106 valence electrons. The van der Waals surface area contributed by atoms with Crippen molar-refractivity contribution in [1.82, 2.24) is 5.32 Å². The van der Waals surface area contributed by atoms with Gasteiger partial charge < -0.3 is 10.6 Å². The van der Waals surface area contributed by atoms with E-state index < -0.39 is 0 Å². The molecule has 1 aromatic carbocycles. The van der Waals surface area contributed by atoms with E-state index >= 15 is 0 Å². The van der Waals surface area contributed by atoms with Gasteiger partial charge >= 0.3 is 0 Å². The van der Waals surface area contributed by atoms with Crippen LogP contribution >= 0.6 is 12.2 Å². The average molecular weight is 278 g/mol. The third-order valence-electron chi connectivity index (χ3n) is 3.50. The molecular formula is C16H26N2S. The van der Waals surface area contributed by atoms with Crippen molar-refractivity contribution in [1.29, 1.82) is 0 Å². The molecule has 0 fully saturated rings. The minimum absolute atomic E-state index is 0.395. The quantitative estimate of drug-likeness (QED) is 0.804. The summed E-state index contributed by atoms with van der Waals surface area (Å²) in [4.78, 5) is 0. The van der Waals surface area contributed by atoms with E-state index in [1.807, 2.05) is 0 Å². The molecule has 0 heterocycles. The number of thiocarbonyl (C=S) groups is 1. The first-order valence-corrected chi connectivity index (χ1v) is 7.37. The molecular weight excluding hydrogens is 252 g/mol. The summed E-state index contributed by atoms with van der Waals surface area (Å²) in [6.45, 7) is 13.1. The molecule has 0 aliphatic carbocycles. The van der Waals surface area contributed by atoms with Gasteiger partial charge in [-0.15, -0.1) is 0 Å². The number of hydrogen-bond donors (Lipinski definition) is 2. The van der Waals surface area contributed by atoms with E-state index in [0.29, 0.717) is 23.0 Å². The van der Waals surface area contributed by atoms with Crippen molar-refractivity contribution in [3.05, 3.63) is 29.3 Å². The van der Waals surface area contributed by atoms with Crippen LogP contribution in [0, 0.1) is 25.7 Å². The van der Waals surface area contributed by atoms with Gasteiger partial charge in [-0.05, 0) is 61.2 Å². The predicted octanol–water partition coefficient (Wildman–Crippen LogP) is 4.27. The molecule has 1 rings (SSSR count). The van der Waals surface area contributed by atoms with E-state index in [9.17, 15) is 0 Å². The second-order valence-electron chi connectivity index (χ2n) is 5.91. The van der Waals surface area contributed by atoms with Gasteiger partial charge in [0.15, 0.2) is 5.11 Å². The zero-order chi connectivity index (χ0) is 14.6. The summed E-state index contributed by atoms with van der Waals surface area (Å²) in [5.41, 5.74) is 3.62. The zero-order valence-electron chi connectivity index (χ0n) is 12.9. The minimum atomic E-state index is 0.395. The van der Waals surface area contributed by atoms with Crippen molar-refractivity contribution in [2.45, 2.75) is 47.6 Å². The molecule has 0 aromatic heterocycles. The summed E-state index contributed by atoms with van der Waals surface area (Å²) in [6, 6.07) is 6.70. The summed E-state index contributed by atoms with van der Waals surface area (Å²) in [5, 5.41) is 7.39. The summed E-state index contributed by atoms with van der Waals surface area (Å²) in [5.74, 6) is 1.11. The molecule has 3 heteroatoms. The predicted molar refractivity (Wildman–Crippen MR) is 88.7 cm³/mol. The molecule has 0 amide bonds. The number of nitrogens with one attached hydrogen (secondary N) is 2. The molecule has 0 radical (unpaired) electrons. The van der Waals surface area contributed by atoms with E-state index in [0.717, 1.165) is 5.69 Å². The van der Waals surface area contributed by atoms with E-state index in [4.69, 9.17) is 12.2 Å². The lowest BCUT2D eigenvalue weighted by Crippen LogP contribution is -2.44. The Kier molecular flexibility index (Phi) is 5.80. The number of anilines is 1. The van der Waals surface area contributed by atoms with Crippen LogP contribution in [0.15, 0.2) is 18.2 Å². The number of benzene rings is 1. The lowest BCUT2D eigenvalue weighted by Gasteiger charge is -2.27. The number of aryl methyl sites for hydroxylation is 2. The van der Waals surface area contributed by atoms with Crippen LogP contribution in [-0.2, 0) is 0 Å². The molecule has 0 saturated heterocycles. The van der Waals surface area contributed by atoms with Crippen LogP contribution in [-0.4, -0.2) is 11.2 Å². The standard InChI is InChI=1S/C16H26N2S/c1-10(2)15(11(3)4)18-16(19)17-14-8-7-12(5)13(6)9-14/h7-11,15H,1-6H3,(H2,17,18,19). The second-order valence-corrected chi connectivity index (χ2v) is 6.32. The van der Waals surface area contributed by atoms with Gasteiger partial charge in [-0.3, -0.25) is 0 Å². The molecule has 0 unspecified atom stereocenters. The number of hydrogen-bond acceptors (Lipinski definition) is 1. The third-order valence-corrected chi connectivity index (χ3v) is 3.72. The van der Waals surface area contributed by atoms with E-state index in [1.54, 1.807) is 0 Å². The Morgan fingerprint density at radius 2 is 1.58 bits per heavy atom. The van der Waals surface area contributed by atoms with E-state index in [-0.39, 0.29) is 0 Å². The van der Waals surface area contributed by atoms with Crippen LogP contribution in [0.4, 0.5) is 5.69 Å². The maximum Gasteiger partial charge on any atom is 0.171 e. The molecule has 0 atom stereocenters. The van der Waals surface area contributed by atoms with Gasteiger partial charge in [-0.2, -0.15) is 0 Å². The molecule has 2 nitrogen and oxygen atoms in total. The molecule has 0 aliphatic rings. The minimum Gasteiger partial charge on any atom is -0.359 e. The van der Waals surface area contributed by atoms with Crippen LogP contribution in [0.2, 0.25) is 0 Å². The lowest BCUT2D eigenvalue weighted by atomic mass is 9.93. The van der Waals surface area contributed by atoms with Crippen LogP contribution in [0.25, 0.3) is 0 Å². The highest BCUT2D eigenvalue weighted by molar-refractivity contribution is 7.80. The van der Waals surface area contributed by atoms with Crippen LogP contribution in [0.1, 0.15) is 38.8 Å². The Hall–Kier alpha value is -1.09. The fraction of sp³-hybridized carbons (Fsp3) is 0.562. The second kappa shape index (κ2) is 6.90. The molecule has 2 N–H and O–H groups in total. The Labute approximate surface area is 123 Å². The Morgan fingerprint density at radius 3 is 2.05 bits per heavy atom. The highest BCUT2D eigenvalue weighted by Gasteiger charge is 2.18. The largest absolute Gasteiger partial charge is 0.359 e. The Morgan fingerprint density at radius 1 is 1.00 bits per heavy atom. The molecule has 0 aliphatic heterocycles. The molecule has 0 spiro atoms. The summed E-state index contributed by atoms with van der Waals surface area (Å²) in [6.07, 6.45) is 0. The maximum absolute atomic E-state index is 5.40. The zero-order valence-corrected chi connectivity index (χ0v) is 13.7. The van der Waals surface area contributed by atoms with Crippen molar-refractivity contribution >= 4 is 23.0 Å². The summed E-state index contributed by atoms with van der Waals surface area (Å²) < 4.78 is 0. The molecule has 19 heavy (non-hydrogen) atoms. The van der Waals surface area contributed by atoms with Crippen molar-refractivity contribution < 1.29 is 0 Å². The Balaban J connectivity index is 2.66. The van der Waals surface area contributed by atoms with Crippen LogP contribution in [0.3, 0.4) is 0 Å². The normalized spacial score (nSPS) is 11.2. The molecule has 1 aromatic rings. The van der Waals surface area contributed by atoms with Crippen molar-refractivity contribution in [2.24, 2.45) is 11.8 Å². The molecule has 0 bridgehead atoms. The van der Waals surface area contributed by atoms with Gasteiger partial charge in [0.05, 0.1) is 0 Å². The topological polar surface area (TPSA) is 24.1 Å². The highest BCUT2D eigenvalue weighted by atomic mass is 32.1. The maximum atomic E-state index is 5.40. The van der Waals surface area contributed by atoms with Crippen molar-refractivity contribution in [3.8, 4) is 0 Å². The SMILES string of the molecule is Cc1ccc(NC(=S)NC(C(C)C)C(C)C)cc1C. The monoisotopic (exact) mass is 278 g/mol. The third kappa shape index (κ3) is 4.83. The van der Waals surface area contributed by atoms with E-state index in [1.165, 1.54) is 11.1 Å². The summed E-state index contributed by atoms with van der Waals surface area (Å²) >= 11 is 5.40. The average Bonchev–Trinajstić information content (AvgIpc) is 2.30. The van der Waals surface area contributed by atoms with Gasteiger partial charge in [0.1, 0.15) is 0 Å². The Bertz CT molecular complexity index is 430. The fourth-order valence-electron chi connectivity index (χ4n) is 2.24. The number of rotatable bonds is 4. The van der Waals surface area contributed by atoms with Crippen LogP contribution in [0.5, 0.6) is 0 Å². The first kappa shape index (κ1) is 16.0. The van der Waals surface area contributed by atoms with Crippen molar-refractivity contribution in [2.75, 3.05) is 5.32 Å². The van der Waals surface area contributed by atoms with Crippen molar-refractivity contribution in [3.63, 3.8) is 0 Å². The lowest BCUT2D eigenvalue weighted by molar-refractivity contribution is 0.356. The van der Waals surface area contributed by atoms with Crippen LogP contribution < -0.4 is 10.6 Å². The van der Waals surface area contributed by atoms with Gasteiger partial charge in [-0.25, -0.2) is 0 Å². The first-order valence-electron chi connectivity index (χ1n) is 6.96. The first-order chi connectivity index (χ1) is 8.81. The van der Waals surface area contributed by atoms with Gasteiger partial charge in [0, 0.05) is 11.7 Å². The summed E-state index contributed by atoms with van der Waals surface area (Å²) in [7, 11) is 0. The fourth-order valence-corrected chi connectivity index (χ4v) is 2.49. The van der Waals surface area contributed by atoms with Gasteiger partial charge in [0.25, 0.3) is 0 Å². The smallest absolute Gasteiger partial charge is 0.171 e.